The number of H-pyrrole nitrogens is 3. The third kappa shape index (κ3) is 1.69. The van der Waals surface area contributed by atoms with Crippen molar-refractivity contribution in [2.24, 2.45) is 0 Å². The predicted octanol–water partition coefficient (Wildman–Crippen LogP) is 1.44. The molecule has 3 aromatic heterocycles. The number of aromatic nitrogens is 4. The van der Waals surface area contributed by atoms with E-state index in [2.05, 4.69) is 20.2 Å². The molecule has 3 N–H and O–H groups in total. The van der Waals surface area contributed by atoms with Gasteiger partial charge < -0.3 is 4.74 Å². The van der Waals surface area contributed by atoms with Crippen molar-refractivity contribution in [2.75, 3.05) is 0 Å². The summed E-state index contributed by atoms with van der Waals surface area (Å²) in [5.74, 6) is 0.240. The summed E-state index contributed by atoms with van der Waals surface area (Å²) in [4.78, 5) is 29.5. The van der Waals surface area contributed by atoms with Gasteiger partial charge in [0.15, 0.2) is 0 Å². The van der Waals surface area contributed by atoms with E-state index >= 15 is 0 Å². The zero-order chi connectivity index (χ0) is 14.6. The molecule has 1 aliphatic rings. The minimum Gasteiger partial charge on any atom is -0.420 e. The molecule has 1 atom stereocenters. The van der Waals surface area contributed by atoms with Crippen molar-refractivity contribution in [1.82, 2.24) is 20.2 Å². The summed E-state index contributed by atoms with van der Waals surface area (Å²) in [6.07, 6.45) is 0. The number of fused-ring (bicyclic) bond motifs is 2. The SMILES string of the molecule is Cc1[nH]nc2c1C(c1cccs1)c1c([nH]c(=O)[nH]c1=O)O2. The molecule has 4 rings (SSSR count). The number of hydrogen-bond acceptors (Lipinski definition) is 5. The van der Waals surface area contributed by atoms with Crippen molar-refractivity contribution in [3.05, 3.63) is 60.0 Å². The first kappa shape index (κ1) is 12.2. The van der Waals surface area contributed by atoms with Crippen LogP contribution in [-0.2, 0) is 0 Å². The topological polar surface area (TPSA) is 104 Å². The Bertz CT molecular complexity index is 935. The van der Waals surface area contributed by atoms with Gasteiger partial charge in [-0.2, -0.15) is 0 Å². The first-order valence-corrected chi connectivity index (χ1v) is 7.15. The lowest BCUT2D eigenvalue weighted by Gasteiger charge is -2.23. The second-order valence-corrected chi connectivity index (χ2v) is 5.75. The first-order valence-electron chi connectivity index (χ1n) is 6.27. The van der Waals surface area contributed by atoms with Gasteiger partial charge >= 0.3 is 5.69 Å². The molecule has 0 fully saturated rings. The van der Waals surface area contributed by atoms with E-state index in [1.165, 1.54) is 11.3 Å². The van der Waals surface area contributed by atoms with E-state index in [0.29, 0.717) is 11.4 Å². The molecule has 0 aromatic carbocycles. The molecule has 4 heterocycles. The molecule has 0 saturated heterocycles. The summed E-state index contributed by atoms with van der Waals surface area (Å²) in [5.41, 5.74) is 1.01. The quantitative estimate of drug-likeness (QED) is 0.495. The number of thiophene rings is 1. The van der Waals surface area contributed by atoms with E-state index in [4.69, 9.17) is 4.74 Å². The minimum absolute atomic E-state index is 0.154. The highest BCUT2D eigenvalue weighted by Crippen LogP contribution is 2.45. The van der Waals surface area contributed by atoms with Crippen LogP contribution < -0.4 is 16.0 Å². The van der Waals surface area contributed by atoms with Crippen LogP contribution in [0.3, 0.4) is 0 Å². The monoisotopic (exact) mass is 302 g/mol. The molecule has 8 heteroatoms. The molecule has 106 valence electrons. The molecule has 1 unspecified atom stereocenters. The Hall–Kier alpha value is -2.61. The van der Waals surface area contributed by atoms with Gasteiger partial charge in [-0.3, -0.25) is 19.9 Å². The van der Waals surface area contributed by atoms with Gasteiger partial charge in [0.2, 0.25) is 11.8 Å². The molecule has 21 heavy (non-hydrogen) atoms. The normalized spacial score (nSPS) is 16.1. The number of ether oxygens (including phenoxy) is 1. The molecule has 3 aromatic rings. The zero-order valence-corrected chi connectivity index (χ0v) is 11.7. The molecular weight excluding hydrogens is 292 g/mol. The molecule has 1 aliphatic heterocycles. The standard InChI is InChI=1S/C13H10N4O3S/c1-5-7-8(6-3-2-4-21-6)9-10(18)14-13(19)15-11(9)20-12(7)17-16-5/h2-4,8H,1H3,(H,16,17)(H2,14,15,18,19). The Morgan fingerprint density at radius 1 is 1.29 bits per heavy atom. The third-order valence-corrected chi connectivity index (χ3v) is 4.44. The van der Waals surface area contributed by atoms with Gasteiger partial charge in [0.1, 0.15) is 0 Å². The van der Waals surface area contributed by atoms with Gasteiger partial charge in [-0.25, -0.2) is 4.79 Å². The van der Waals surface area contributed by atoms with E-state index in [1.54, 1.807) is 0 Å². The largest absolute Gasteiger partial charge is 0.420 e. The lowest BCUT2D eigenvalue weighted by molar-refractivity contribution is 0.412. The first-order chi connectivity index (χ1) is 10.1. The molecule has 0 saturated carbocycles. The fraction of sp³-hybridized carbons (Fsp3) is 0.154. The second-order valence-electron chi connectivity index (χ2n) is 4.77. The van der Waals surface area contributed by atoms with Gasteiger partial charge in [-0.15, -0.1) is 16.4 Å². The van der Waals surface area contributed by atoms with Gasteiger partial charge in [-0.05, 0) is 18.4 Å². The maximum absolute atomic E-state index is 12.3. The van der Waals surface area contributed by atoms with Crippen LogP contribution in [0.4, 0.5) is 0 Å². The molecule has 0 bridgehead atoms. The highest BCUT2D eigenvalue weighted by Gasteiger charge is 2.36. The zero-order valence-electron chi connectivity index (χ0n) is 10.9. The Kier molecular flexibility index (Phi) is 2.43. The number of aromatic amines is 3. The number of rotatable bonds is 1. The van der Waals surface area contributed by atoms with Gasteiger partial charge in [-0.1, -0.05) is 6.07 Å². The molecule has 7 nitrogen and oxygen atoms in total. The summed E-state index contributed by atoms with van der Waals surface area (Å²) in [6, 6.07) is 3.87. The molecule has 0 aliphatic carbocycles. The number of nitrogens with one attached hydrogen (secondary N) is 3. The number of nitrogens with zero attached hydrogens (tertiary/aromatic N) is 1. The van der Waals surface area contributed by atoms with Crippen LogP contribution in [0.5, 0.6) is 11.8 Å². The van der Waals surface area contributed by atoms with E-state index < -0.39 is 11.2 Å². The van der Waals surface area contributed by atoms with Crippen molar-refractivity contribution in [3.63, 3.8) is 0 Å². The molecule has 0 amide bonds. The van der Waals surface area contributed by atoms with Gasteiger partial charge in [0, 0.05) is 16.1 Å². The molecule has 0 radical (unpaired) electrons. The Labute approximate surface area is 121 Å². The van der Waals surface area contributed by atoms with Crippen molar-refractivity contribution >= 4 is 11.3 Å². The third-order valence-electron chi connectivity index (χ3n) is 3.51. The maximum Gasteiger partial charge on any atom is 0.328 e. The fourth-order valence-electron chi connectivity index (χ4n) is 2.63. The van der Waals surface area contributed by atoms with E-state index in [0.717, 1.165) is 16.1 Å². The molecule has 0 spiro atoms. The van der Waals surface area contributed by atoms with Crippen molar-refractivity contribution < 1.29 is 4.74 Å². The average molecular weight is 302 g/mol. The van der Waals surface area contributed by atoms with Crippen LogP contribution in [0, 0.1) is 6.92 Å². The van der Waals surface area contributed by atoms with Crippen LogP contribution in [0.25, 0.3) is 0 Å². The van der Waals surface area contributed by atoms with Crippen LogP contribution >= 0.6 is 11.3 Å². The highest BCUT2D eigenvalue weighted by atomic mass is 32.1. The van der Waals surface area contributed by atoms with E-state index in [9.17, 15) is 9.59 Å². The van der Waals surface area contributed by atoms with Crippen molar-refractivity contribution in [3.8, 4) is 11.8 Å². The van der Waals surface area contributed by atoms with Crippen molar-refractivity contribution in [2.45, 2.75) is 12.8 Å². The van der Waals surface area contributed by atoms with Crippen LogP contribution in [0.15, 0.2) is 27.1 Å². The summed E-state index contributed by atoms with van der Waals surface area (Å²) < 4.78 is 5.57. The van der Waals surface area contributed by atoms with Crippen LogP contribution in [-0.4, -0.2) is 20.2 Å². The average Bonchev–Trinajstić information content (AvgIpc) is 3.07. The highest BCUT2D eigenvalue weighted by molar-refractivity contribution is 7.10. The summed E-state index contributed by atoms with van der Waals surface area (Å²) in [7, 11) is 0. The Morgan fingerprint density at radius 3 is 2.90 bits per heavy atom. The minimum atomic E-state index is -0.598. The molecular formula is C13H10N4O3S. The summed E-state index contributed by atoms with van der Waals surface area (Å²) >= 11 is 1.54. The van der Waals surface area contributed by atoms with E-state index in [-0.39, 0.29) is 11.8 Å². The van der Waals surface area contributed by atoms with Gasteiger partial charge in [0.25, 0.3) is 5.56 Å². The van der Waals surface area contributed by atoms with Crippen LogP contribution in [0.1, 0.15) is 27.6 Å². The lowest BCUT2D eigenvalue weighted by atomic mass is 9.89. The predicted molar refractivity (Wildman–Crippen MR) is 76.3 cm³/mol. The van der Waals surface area contributed by atoms with E-state index in [1.807, 2.05) is 24.4 Å². The van der Waals surface area contributed by atoms with Crippen LogP contribution in [0.2, 0.25) is 0 Å². The second kappa shape index (κ2) is 4.19. The lowest BCUT2D eigenvalue weighted by Crippen LogP contribution is -2.30. The smallest absolute Gasteiger partial charge is 0.328 e. The summed E-state index contributed by atoms with van der Waals surface area (Å²) in [6.45, 7) is 1.88. The Balaban J connectivity index is 2.08. The maximum atomic E-state index is 12.3. The fourth-order valence-corrected chi connectivity index (χ4v) is 3.48. The number of aryl methyl sites for hydroxylation is 1. The van der Waals surface area contributed by atoms with Gasteiger partial charge in [0.05, 0.1) is 11.5 Å². The Morgan fingerprint density at radius 2 is 2.14 bits per heavy atom. The van der Waals surface area contributed by atoms with Crippen molar-refractivity contribution in [1.29, 1.82) is 0 Å². The summed E-state index contributed by atoms with van der Waals surface area (Å²) in [5, 5.41) is 8.91. The number of hydrogen-bond donors (Lipinski definition) is 3.